The number of hydrogen-bond acceptors (Lipinski definition) is 6. The standard InChI is InChI=1S/C27H32O5S/c1-16(28)32-15-24(30)27(31)22(23-5-4-12-33-23)14-21-19-7-6-17-13-18(29)8-10-25(17,2)20(19)9-11-26(21,27)3/h4-5,8-10,12-13,18-19,21-22,29,31H,6-7,11,14-15H2,1-3H3/t18?,19?,21?,22-,25-,26-,27-/m0/s1. The number of rotatable bonds is 4. The van der Waals surface area contributed by atoms with Gasteiger partial charge in [0.2, 0.25) is 5.78 Å². The number of allylic oxidation sites excluding steroid dienone is 4. The van der Waals surface area contributed by atoms with E-state index in [0.717, 1.165) is 24.1 Å². The fraction of sp³-hybridized carbons (Fsp3) is 0.556. The van der Waals surface area contributed by atoms with Crippen molar-refractivity contribution in [2.75, 3.05) is 6.61 Å². The minimum absolute atomic E-state index is 0.134. The Balaban J connectivity index is 1.58. The van der Waals surface area contributed by atoms with Crippen molar-refractivity contribution in [1.82, 2.24) is 0 Å². The number of carbonyl (C=O) groups excluding carboxylic acids is 2. The second kappa shape index (κ2) is 7.76. The van der Waals surface area contributed by atoms with Gasteiger partial charge in [0.15, 0.2) is 6.61 Å². The van der Waals surface area contributed by atoms with E-state index in [4.69, 9.17) is 4.74 Å². The van der Waals surface area contributed by atoms with E-state index in [1.807, 2.05) is 29.7 Å². The van der Waals surface area contributed by atoms with Gasteiger partial charge in [-0.3, -0.25) is 9.59 Å². The van der Waals surface area contributed by atoms with E-state index in [-0.39, 0.29) is 23.2 Å². The number of ether oxygens (including phenoxy) is 1. The fourth-order valence-electron chi connectivity index (χ4n) is 7.29. The average molecular weight is 469 g/mol. The van der Waals surface area contributed by atoms with Crippen LogP contribution in [0.5, 0.6) is 0 Å². The molecule has 0 spiro atoms. The maximum absolute atomic E-state index is 13.5. The van der Waals surface area contributed by atoms with Crippen LogP contribution in [0.25, 0.3) is 0 Å². The Morgan fingerprint density at radius 2 is 2.09 bits per heavy atom. The van der Waals surface area contributed by atoms with Crippen molar-refractivity contribution < 1.29 is 24.5 Å². The van der Waals surface area contributed by atoms with Gasteiger partial charge in [-0.25, -0.2) is 0 Å². The summed E-state index contributed by atoms with van der Waals surface area (Å²) in [6, 6.07) is 3.96. The minimum Gasteiger partial charge on any atom is -0.458 e. The molecule has 0 aliphatic heterocycles. The highest BCUT2D eigenvalue weighted by molar-refractivity contribution is 7.10. The normalized spacial score (nSPS) is 41.4. The zero-order valence-corrected chi connectivity index (χ0v) is 20.2. The van der Waals surface area contributed by atoms with Crippen molar-refractivity contribution in [1.29, 1.82) is 0 Å². The number of thiophene rings is 1. The maximum Gasteiger partial charge on any atom is 0.303 e. The van der Waals surface area contributed by atoms with Gasteiger partial charge in [0.1, 0.15) is 5.60 Å². The molecule has 176 valence electrons. The average Bonchev–Trinajstić information content (AvgIpc) is 3.38. The number of hydrogen-bond donors (Lipinski definition) is 2. The third-order valence-corrected chi connectivity index (χ3v) is 10.0. The predicted molar refractivity (Wildman–Crippen MR) is 127 cm³/mol. The van der Waals surface area contributed by atoms with E-state index >= 15 is 0 Å². The third kappa shape index (κ3) is 3.17. The quantitative estimate of drug-likeness (QED) is 0.508. The molecule has 0 radical (unpaired) electrons. The second-order valence-electron chi connectivity index (χ2n) is 10.6. The molecule has 4 aliphatic rings. The fourth-order valence-corrected chi connectivity index (χ4v) is 8.20. The van der Waals surface area contributed by atoms with Gasteiger partial charge in [0, 0.05) is 28.5 Å². The Morgan fingerprint density at radius 3 is 2.79 bits per heavy atom. The summed E-state index contributed by atoms with van der Waals surface area (Å²) < 4.78 is 5.07. The molecular formula is C27H32O5S. The van der Waals surface area contributed by atoms with Crippen LogP contribution in [0.1, 0.15) is 57.2 Å². The van der Waals surface area contributed by atoms with Crippen molar-refractivity contribution in [3.63, 3.8) is 0 Å². The van der Waals surface area contributed by atoms with Crippen LogP contribution in [-0.2, 0) is 14.3 Å². The summed E-state index contributed by atoms with van der Waals surface area (Å²) in [5.74, 6) is -0.854. The van der Waals surface area contributed by atoms with E-state index in [0.29, 0.717) is 6.42 Å². The van der Waals surface area contributed by atoms with Crippen LogP contribution < -0.4 is 0 Å². The number of aliphatic hydroxyl groups excluding tert-OH is 1. The SMILES string of the molecule is CC(=O)OCC(=O)[C@@]1(O)[C@H](c2cccs2)CC2C3CCC4=CC(O)C=C[C@]4(C)C3=CC[C@@]21C. The molecule has 2 fully saturated rings. The van der Waals surface area contributed by atoms with Crippen LogP contribution in [-0.4, -0.2) is 40.3 Å². The number of Topliss-reactive ketones (excluding diaryl/α,β-unsaturated/α-hetero) is 1. The Labute approximate surface area is 198 Å². The smallest absolute Gasteiger partial charge is 0.303 e. The molecule has 1 aromatic heterocycles. The number of aliphatic hydroxyl groups is 2. The van der Waals surface area contributed by atoms with Gasteiger partial charge in [-0.15, -0.1) is 11.3 Å². The molecule has 0 bridgehead atoms. The van der Waals surface area contributed by atoms with Crippen LogP contribution in [0.3, 0.4) is 0 Å². The lowest BCUT2D eigenvalue weighted by Gasteiger charge is -2.53. The number of ketones is 1. The molecule has 5 nitrogen and oxygen atoms in total. The van der Waals surface area contributed by atoms with Gasteiger partial charge in [-0.1, -0.05) is 48.4 Å². The first-order valence-corrected chi connectivity index (χ1v) is 12.7. The molecule has 5 rings (SSSR count). The third-order valence-electron chi connectivity index (χ3n) is 9.02. The molecule has 4 aliphatic carbocycles. The number of fused-ring (bicyclic) bond motifs is 5. The summed E-state index contributed by atoms with van der Waals surface area (Å²) in [5, 5.41) is 24.4. The van der Waals surface area contributed by atoms with Crippen molar-refractivity contribution in [3.05, 3.63) is 57.8 Å². The molecule has 2 N–H and O–H groups in total. The summed E-state index contributed by atoms with van der Waals surface area (Å²) in [5.41, 5.74) is 0.146. The Morgan fingerprint density at radius 1 is 1.30 bits per heavy atom. The molecule has 2 saturated carbocycles. The van der Waals surface area contributed by atoms with Gasteiger partial charge in [-0.05, 0) is 55.9 Å². The highest BCUT2D eigenvalue weighted by atomic mass is 32.1. The number of carbonyl (C=O) groups is 2. The summed E-state index contributed by atoms with van der Waals surface area (Å²) in [6.45, 7) is 5.16. The van der Waals surface area contributed by atoms with Crippen LogP contribution in [0.15, 0.2) is 53.0 Å². The van der Waals surface area contributed by atoms with Crippen LogP contribution in [0, 0.1) is 22.7 Å². The number of esters is 1. The monoisotopic (exact) mass is 468 g/mol. The van der Waals surface area contributed by atoms with E-state index in [1.165, 1.54) is 18.1 Å². The molecular weight excluding hydrogens is 436 g/mol. The summed E-state index contributed by atoms with van der Waals surface area (Å²) in [6.07, 6.45) is 10.9. The molecule has 6 heteroatoms. The topological polar surface area (TPSA) is 83.8 Å². The predicted octanol–water partition coefficient (Wildman–Crippen LogP) is 4.32. The minimum atomic E-state index is -1.60. The molecule has 7 atom stereocenters. The van der Waals surface area contributed by atoms with Crippen molar-refractivity contribution in [2.45, 2.75) is 64.1 Å². The first-order valence-electron chi connectivity index (χ1n) is 11.8. The molecule has 33 heavy (non-hydrogen) atoms. The maximum atomic E-state index is 13.5. The van der Waals surface area contributed by atoms with Crippen molar-refractivity contribution in [3.8, 4) is 0 Å². The van der Waals surface area contributed by atoms with Gasteiger partial charge in [-0.2, -0.15) is 0 Å². The zero-order chi connectivity index (χ0) is 23.6. The van der Waals surface area contributed by atoms with Crippen molar-refractivity contribution in [2.24, 2.45) is 22.7 Å². The second-order valence-corrected chi connectivity index (χ2v) is 11.5. The Kier molecular flexibility index (Phi) is 5.35. The van der Waals surface area contributed by atoms with Crippen LogP contribution in [0.2, 0.25) is 0 Å². The van der Waals surface area contributed by atoms with Crippen LogP contribution >= 0.6 is 11.3 Å². The highest BCUT2D eigenvalue weighted by Crippen LogP contribution is 2.68. The van der Waals surface area contributed by atoms with E-state index < -0.39 is 35.5 Å². The molecule has 0 aromatic carbocycles. The zero-order valence-electron chi connectivity index (χ0n) is 19.4. The van der Waals surface area contributed by atoms with Crippen molar-refractivity contribution >= 4 is 23.1 Å². The molecule has 1 aromatic rings. The molecule has 0 amide bonds. The summed E-state index contributed by atoms with van der Waals surface area (Å²) in [7, 11) is 0. The first-order chi connectivity index (χ1) is 15.6. The lowest BCUT2D eigenvalue weighted by molar-refractivity contribution is -0.164. The van der Waals surface area contributed by atoms with Gasteiger partial charge < -0.3 is 14.9 Å². The lowest BCUT2D eigenvalue weighted by atomic mass is 9.51. The molecule has 0 saturated heterocycles. The Hall–Kier alpha value is -2.02. The van der Waals surface area contributed by atoms with E-state index in [1.54, 1.807) is 11.3 Å². The summed E-state index contributed by atoms with van der Waals surface area (Å²) >= 11 is 1.57. The lowest BCUT2D eigenvalue weighted by Crippen LogP contribution is -2.57. The largest absolute Gasteiger partial charge is 0.458 e. The molecule has 1 heterocycles. The van der Waals surface area contributed by atoms with Gasteiger partial charge >= 0.3 is 5.97 Å². The van der Waals surface area contributed by atoms with E-state index in [2.05, 4.69) is 26.0 Å². The first kappa shape index (κ1) is 22.8. The summed E-state index contributed by atoms with van der Waals surface area (Å²) in [4.78, 5) is 26.0. The van der Waals surface area contributed by atoms with Gasteiger partial charge in [0.25, 0.3) is 0 Å². The van der Waals surface area contributed by atoms with Crippen LogP contribution in [0.4, 0.5) is 0 Å². The van der Waals surface area contributed by atoms with E-state index in [9.17, 15) is 19.8 Å². The Bertz CT molecular complexity index is 1070. The highest BCUT2D eigenvalue weighted by Gasteiger charge is 2.68. The molecule has 3 unspecified atom stereocenters. The van der Waals surface area contributed by atoms with Gasteiger partial charge in [0.05, 0.1) is 6.10 Å².